The van der Waals surface area contributed by atoms with Gasteiger partial charge >= 0.3 is 0 Å². The van der Waals surface area contributed by atoms with E-state index >= 15 is 0 Å². The SMILES string of the molecule is Cc1cccc(CCNC(=O)c2ccc(-n3c(C)nc4ccccc4c3=O)cc2)c1. The average molecular weight is 397 g/mol. The van der Waals surface area contributed by atoms with Crippen LogP contribution in [0.25, 0.3) is 16.6 Å². The van der Waals surface area contributed by atoms with Gasteiger partial charge in [-0.1, -0.05) is 42.0 Å². The number of benzene rings is 3. The van der Waals surface area contributed by atoms with Gasteiger partial charge in [-0.2, -0.15) is 0 Å². The topological polar surface area (TPSA) is 64.0 Å². The number of aryl methyl sites for hydroxylation is 2. The third-order valence-electron chi connectivity index (χ3n) is 5.11. The molecule has 4 rings (SSSR count). The van der Waals surface area contributed by atoms with Gasteiger partial charge < -0.3 is 5.32 Å². The Hall–Kier alpha value is -3.73. The number of rotatable bonds is 5. The van der Waals surface area contributed by atoms with E-state index in [4.69, 9.17) is 0 Å². The van der Waals surface area contributed by atoms with Crippen LogP contribution in [-0.4, -0.2) is 22.0 Å². The number of hydrogen-bond acceptors (Lipinski definition) is 3. The van der Waals surface area contributed by atoms with Crippen molar-refractivity contribution in [3.05, 3.63) is 106 Å². The van der Waals surface area contributed by atoms with Gasteiger partial charge in [0.05, 0.1) is 16.6 Å². The molecule has 1 amide bonds. The van der Waals surface area contributed by atoms with E-state index in [9.17, 15) is 9.59 Å². The van der Waals surface area contributed by atoms with Gasteiger partial charge in [-0.3, -0.25) is 14.2 Å². The fourth-order valence-electron chi connectivity index (χ4n) is 3.60. The minimum atomic E-state index is -0.130. The molecule has 0 aliphatic carbocycles. The van der Waals surface area contributed by atoms with Crippen molar-refractivity contribution in [2.24, 2.45) is 0 Å². The number of amides is 1. The van der Waals surface area contributed by atoms with Crippen molar-refractivity contribution in [1.82, 2.24) is 14.9 Å². The van der Waals surface area contributed by atoms with Crippen LogP contribution < -0.4 is 10.9 Å². The van der Waals surface area contributed by atoms with Crippen LogP contribution in [0.2, 0.25) is 0 Å². The molecular formula is C25H23N3O2. The number of aromatic nitrogens is 2. The molecule has 150 valence electrons. The Morgan fingerprint density at radius 3 is 2.50 bits per heavy atom. The Kier molecular flexibility index (Phi) is 5.44. The number of hydrogen-bond donors (Lipinski definition) is 1. The smallest absolute Gasteiger partial charge is 0.265 e. The van der Waals surface area contributed by atoms with Crippen molar-refractivity contribution in [3.63, 3.8) is 0 Å². The normalized spacial score (nSPS) is 10.9. The zero-order valence-corrected chi connectivity index (χ0v) is 17.1. The molecule has 0 atom stereocenters. The first-order valence-corrected chi connectivity index (χ1v) is 9.95. The first kappa shape index (κ1) is 19.6. The fourth-order valence-corrected chi connectivity index (χ4v) is 3.60. The van der Waals surface area contributed by atoms with Crippen LogP contribution in [-0.2, 0) is 6.42 Å². The van der Waals surface area contributed by atoms with E-state index in [1.165, 1.54) is 11.1 Å². The van der Waals surface area contributed by atoms with Crippen molar-refractivity contribution in [3.8, 4) is 5.69 Å². The van der Waals surface area contributed by atoms with Crippen molar-refractivity contribution in [2.45, 2.75) is 20.3 Å². The van der Waals surface area contributed by atoms with E-state index in [1.54, 1.807) is 41.8 Å². The molecule has 4 aromatic rings. The summed E-state index contributed by atoms with van der Waals surface area (Å²) in [6, 6.07) is 22.6. The lowest BCUT2D eigenvalue weighted by Gasteiger charge is -2.11. The van der Waals surface area contributed by atoms with E-state index in [-0.39, 0.29) is 11.5 Å². The highest BCUT2D eigenvalue weighted by molar-refractivity contribution is 5.94. The van der Waals surface area contributed by atoms with Crippen molar-refractivity contribution < 1.29 is 4.79 Å². The molecule has 0 fully saturated rings. The third kappa shape index (κ3) is 4.01. The number of carbonyl (C=O) groups excluding carboxylic acids is 1. The first-order valence-electron chi connectivity index (χ1n) is 9.95. The largest absolute Gasteiger partial charge is 0.352 e. The highest BCUT2D eigenvalue weighted by Gasteiger charge is 2.11. The van der Waals surface area contributed by atoms with Gasteiger partial charge in [0.15, 0.2) is 0 Å². The van der Waals surface area contributed by atoms with Gasteiger partial charge in [0, 0.05) is 12.1 Å². The molecule has 0 bridgehead atoms. The Morgan fingerprint density at radius 2 is 1.73 bits per heavy atom. The second-order valence-electron chi connectivity index (χ2n) is 7.36. The maximum atomic E-state index is 12.9. The van der Waals surface area contributed by atoms with Gasteiger partial charge in [-0.05, 0) is 62.2 Å². The summed E-state index contributed by atoms with van der Waals surface area (Å²) in [5.74, 6) is 0.476. The summed E-state index contributed by atoms with van der Waals surface area (Å²) in [6.45, 7) is 4.43. The van der Waals surface area contributed by atoms with Crippen LogP contribution in [0.4, 0.5) is 0 Å². The van der Waals surface area contributed by atoms with Gasteiger partial charge in [0.25, 0.3) is 11.5 Å². The highest BCUT2D eigenvalue weighted by Crippen LogP contribution is 2.13. The number of carbonyl (C=O) groups is 1. The second-order valence-corrected chi connectivity index (χ2v) is 7.36. The van der Waals surface area contributed by atoms with E-state index in [2.05, 4.69) is 35.4 Å². The molecule has 0 radical (unpaired) electrons. The molecule has 0 aliphatic rings. The van der Waals surface area contributed by atoms with Crippen LogP contribution in [0, 0.1) is 13.8 Å². The zero-order chi connectivity index (χ0) is 21.1. The summed E-state index contributed by atoms with van der Waals surface area (Å²) >= 11 is 0. The lowest BCUT2D eigenvalue weighted by atomic mass is 10.1. The van der Waals surface area contributed by atoms with Crippen molar-refractivity contribution in [2.75, 3.05) is 6.54 Å². The molecule has 1 aromatic heterocycles. The predicted octanol–water partition coefficient (Wildman–Crippen LogP) is 3.98. The van der Waals surface area contributed by atoms with Crippen molar-refractivity contribution in [1.29, 1.82) is 0 Å². The Balaban J connectivity index is 1.50. The maximum absolute atomic E-state index is 12.9. The van der Waals surface area contributed by atoms with E-state index in [0.717, 1.165) is 6.42 Å². The van der Waals surface area contributed by atoms with Crippen LogP contribution in [0.5, 0.6) is 0 Å². The Bertz CT molecular complexity index is 1270. The number of para-hydroxylation sites is 1. The number of nitrogens with one attached hydrogen (secondary N) is 1. The number of fused-ring (bicyclic) bond motifs is 1. The standard InChI is InChI=1S/C25H23N3O2/c1-17-6-5-7-19(16-17)14-15-26-24(29)20-10-12-21(13-11-20)28-18(2)27-23-9-4-3-8-22(23)25(28)30/h3-13,16H,14-15H2,1-2H3,(H,26,29). The molecule has 1 heterocycles. The van der Waals surface area contributed by atoms with E-state index in [1.807, 2.05) is 24.3 Å². The Labute approximate surface area is 175 Å². The molecule has 5 heteroatoms. The lowest BCUT2D eigenvalue weighted by molar-refractivity contribution is 0.0954. The van der Waals surface area contributed by atoms with E-state index < -0.39 is 0 Å². The van der Waals surface area contributed by atoms with E-state index in [0.29, 0.717) is 34.5 Å². The summed E-state index contributed by atoms with van der Waals surface area (Å²) in [7, 11) is 0. The molecule has 0 saturated heterocycles. The molecule has 3 aromatic carbocycles. The van der Waals surface area contributed by atoms with Gasteiger partial charge in [0.2, 0.25) is 0 Å². The summed E-state index contributed by atoms with van der Waals surface area (Å²) in [4.78, 5) is 29.9. The first-order chi connectivity index (χ1) is 14.5. The highest BCUT2D eigenvalue weighted by atomic mass is 16.1. The van der Waals surface area contributed by atoms with Gasteiger partial charge in [-0.25, -0.2) is 4.98 Å². The zero-order valence-electron chi connectivity index (χ0n) is 17.1. The monoisotopic (exact) mass is 397 g/mol. The molecule has 0 spiro atoms. The quantitative estimate of drug-likeness (QED) is 0.554. The second kappa shape index (κ2) is 8.33. The Morgan fingerprint density at radius 1 is 0.967 bits per heavy atom. The van der Waals surface area contributed by atoms with Crippen LogP contribution in [0.3, 0.4) is 0 Å². The minimum absolute atomic E-state index is 0.117. The van der Waals surface area contributed by atoms with Crippen molar-refractivity contribution >= 4 is 16.8 Å². The van der Waals surface area contributed by atoms with Crippen LogP contribution >= 0.6 is 0 Å². The minimum Gasteiger partial charge on any atom is -0.352 e. The molecule has 0 saturated carbocycles. The molecular weight excluding hydrogens is 374 g/mol. The molecule has 1 N–H and O–H groups in total. The van der Waals surface area contributed by atoms with Gasteiger partial charge in [-0.15, -0.1) is 0 Å². The van der Waals surface area contributed by atoms with Crippen LogP contribution in [0.1, 0.15) is 27.3 Å². The fraction of sp³-hybridized carbons (Fsp3) is 0.160. The number of nitrogens with zero attached hydrogens (tertiary/aromatic N) is 2. The summed E-state index contributed by atoms with van der Waals surface area (Å²) < 4.78 is 1.57. The summed E-state index contributed by atoms with van der Waals surface area (Å²) in [6.07, 6.45) is 0.781. The molecule has 0 aliphatic heterocycles. The summed E-state index contributed by atoms with van der Waals surface area (Å²) in [5.41, 5.74) is 4.22. The molecule has 5 nitrogen and oxygen atoms in total. The van der Waals surface area contributed by atoms with Gasteiger partial charge in [0.1, 0.15) is 5.82 Å². The molecule has 30 heavy (non-hydrogen) atoms. The van der Waals surface area contributed by atoms with Crippen LogP contribution in [0.15, 0.2) is 77.6 Å². The predicted molar refractivity (Wildman–Crippen MR) is 119 cm³/mol. The molecule has 0 unspecified atom stereocenters. The third-order valence-corrected chi connectivity index (χ3v) is 5.11. The summed E-state index contributed by atoms with van der Waals surface area (Å²) in [5, 5.41) is 3.52. The average Bonchev–Trinajstić information content (AvgIpc) is 2.74. The maximum Gasteiger partial charge on any atom is 0.265 e. The lowest BCUT2D eigenvalue weighted by Crippen LogP contribution is -2.26.